The molecule has 0 radical (unpaired) electrons. The van der Waals surface area contributed by atoms with Crippen molar-refractivity contribution in [3.8, 4) is 5.69 Å². The molecule has 3 atom stereocenters. The number of ether oxygens (including phenoxy) is 1. The summed E-state index contributed by atoms with van der Waals surface area (Å²) in [6.45, 7) is 3.50. The van der Waals surface area contributed by atoms with E-state index in [4.69, 9.17) is 4.74 Å². The first-order valence-corrected chi connectivity index (χ1v) is 10.1. The normalized spacial score (nSPS) is 23.0. The van der Waals surface area contributed by atoms with E-state index in [1.165, 1.54) is 19.3 Å². The van der Waals surface area contributed by atoms with E-state index in [-0.39, 0.29) is 18.5 Å². The first kappa shape index (κ1) is 18.7. The highest BCUT2D eigenvalue weighted by Crippen LogP contribution is 2.49. The van der Waals surface area contributed by atoms with Crippen LogP contribution < -0.4 is 5.32 Å². The Kier molecular flexibility index (Phi) is 5.20. The molecule has 2 aromatic rings. The summed E-state index contributed by atoms with van der Waals surface area (Å²) in [4.78, 5) is 24.4. The van der Waals surface area contributed by atoms with Gasteiger partial charge < -0.3 is 10.1 Å². The molecule has 0 spiro atoms. The fourth-order valence-electron chi connectivity index (χ4n) is 4.87. The van der Waals surface area contributed by atoms with Crippen LogP contribution in [-0.2, 0) is 14.3 Å². The molecule has 148 valence electrons. The van der Waals surface area contributed by atoms with E-state index < -0.39 is 0 Å². The molecule has 1 heterocycles. The van der Waals surface area contributed by atoms with E-state index >= 15 is 0 Å². The van der Waals surface area contributed by atoms with Crippen LogP contribution in [0, 0.1) is 31.6 Å². The van der Waals surface area contributed by atoms with Crippen molar-refractivity contribution in [3.05, 3.63) is 41.7 Å². The minimum absolute atomic E-state index is 0.255. The summed E-state index contributed by atoms with van der Waals surface area (Å²) in [5.41, 5.74) is 3.16. The second kappa shape index (κ2) is 7.78. The molecule has 1 N–H and O–H groups in total. The number of aryl methyl sites for hydroxylation is 1. The van der Waals surface area contributed by atoms with Gasteiger partial charge in [0.1, 0.15) is 0 Å². The van der Waals surface area contributed by atoms with Gasteiger partial charge in [0, 0.05) is 6.42 Å². The van der Waals surface area contributed by atoms with Gasteiger partial charge in [0.05, 0.1) is 22.8 Å². The number of nitrogens with one attached hydrogen (secondary N) is 1. The minimum atomic E-state index is -0.333. The van der Waals surface area contributed by atoms with Crippen LogP contribution in [0.3, 0.4) is 0 Å². The van der Waals surface area contributed by atoms with E-state index in [9.17, 15) is 9.59 Å². The molecule has 4 rings (SSSR count). The molecule has 2 fully saturated rings. The number of carbonyl (C=O) groups is 2. The second-order valence-electron chi connectivity index (χ2n) is 8.14. The summed E-state index contributed by atoms with van der Waals surface area (Å²) in [5.74, 6) is 1.34. The summed E-state index contributed by atoms with van der Waals surface area (Å²) in [6, 6.07) is 9.76. The molecule has 2 aliphatic rings. The smallest absolute Gasteiger partial charge is 0.306 e. The number of fused-ring (bicyclic) bond motifs is 2. The average molecular weight is 381 g/mol. The van der Waals surface area contributed by atoms with Gasteiger partial charge in [0.15, 0.2) is 6.61 Å². The lowest BCUT2D eigenvalue weighted by atomic mass is 9.86. The Balaban J connectivity index is 1.31. The highest BCUT2D eigenvalue weighted by atomic mass is 16.5. The highest BCUT2D eigenvalue weighted by Gasteiger charge is 2.40. The monoisotopic (exact) mass is 381 g/mol. The summed E-state index contributed by atoms with van der Waals surface area (Å²) in [7, 11) is 0. The molecular formula is C22H27N3O3. The van der Waals surface area contributed by atoms with E-state index in [0.717, 1.165) is 29.4 Å². The van der Waals surface area contributed by atoms with E-state index in [1.807, 2.05) is 44.2 Å². The molecule has 0 saturated heterocycles. The van der Waals surface area contributed by atoms with Gasteiger partial charge in [-0.15, -0.1) is 0 Å². The third-order valence-electron chi connectivity index (χ3n) is 6.23. The van der Waals surface area contributed by atoms with Gasteiger partial charge in [-0.3, -0.25) is 9.59 Å². The fraction of sp³-hybridized carbons (Fsp3) is 0.500. The number of amides is 1. The molecule has 0 unspecified atom stereocenters. The van der Waals surface area contributed by atoms with Gasteiger partial charge in [-0.25, -0.2) is 4.68 Å². The predicted octanol–water partition coefficient (Wildman–Crippen LogP) is 3.80. The van der Waals surface area contributed by atoms with Crippen LogP contribution in [0.25, 0.3) is 5.69 Å². The van der Waals surface area contributed by atoms with E-state index in [2.05, 4.69) is 10.4 Å². The van der Waals surface area contributed by atoms with Gasteiger partial charge in [0.25, 0.3) is 5.91 Å². The maximum Gasteiger partial charge on any atom is 0.306 e. The number of esters is 1. The zero-order valence-electron chi connectivity index (χ0n) is 16.5. The molecule has 2 saturated carbocycles. The van der Waals surface area contributed by atoms with Crippen LogP contribution in [0.1, 0.15) is 43.5 Å². The first-order chi connectivity index (χ1) is 13.5. The number of anilines is 1. The topological polar surface area (TPSA) is 73.2 Å². The molecule has 1 aromatic heterocycles. The zero-order chi connectivity index (χ0) is 19.7. The number of aromatic nitrogens is 2. The van der Waals surface area contributed by atoms with Gasteiger partial charge >= 0.3 is 5.97 Å². The van der Waals surface area contributed by atoms with Crippen molar-refractivity contribution < 1.29 is 14.3 Å². The lowest BCUT2D eigenvalue weighted by Gasteiger charge is -2.20. The molecule has 28 heavy (non-hydrogen) atoms. The number of rotatable bonds is 6. The Hall–Kier alpha value is -2.63. The van der Waals surface area contributed by atoms with Crippen LogP contribution in [-0.4, -0.2) is 28.3 Å². The number of hydrogen-bond donors (Lipinski definition) is 1. The Labute approximate surface area is 165 Å². The SMILES string of the molecule is Cc1nn(-c2ccccc2)c(C)c1NC(=O)COC(=O)C[C@H]1C[C@@H]2CC[C@@H]1C2. The lowest BCUT2D eigenvalue weighted by Crippen LogP contribution is -2.23. The molecule has 6 nitrogen and oxygen atoms in total. The summed E-state index contributed by atoms with van der Waals surface area (Å²) >= 11 is 0. The first-order valence-electron chi connectivity index (χ1n) is 10.1. The molecule has 1 amide bonds. The maximum atomic E-state index is 12.3. The van der Waals surface area contributed by atoms with Crippen molar-refractivity contribution in [2.45, 2.75) is 46.0 Å². The molecular weight excluding hydrogens is 354 g/mol. The van der Waals surface area contributed by atoms with Gasteiger partial charge in [-0.05, 0) is 63.0 Å². The predicted molar refractivity (Wildman–Crippen MR) is 106 cm³/mol. The Bertz CT molecular complexity index is 875. The van der Waals surface area contributed by atoms with Gasteiger partial charge in [-0.2, -0.15) is 5.10 Å². The van der Waals surface area contributed by atoms with Crippen LogP contribution in [0.15, 0.2) is 30.3 Å². The van der Waals surface area contributed by atoms with E-state index in [1.54, 1.807) is 4.68 Å². The molecule has 2 aliphatic carbocycles. The highest BCUT2D eigenvalue weighted by molar-refractivity contribution is 5.93. The molecule has 6 heteroatoms. The van der Waals surface area contributed by atoms with Crippen molar-refractivity contribution in [1.82, 2.24) is 9.78 Å². The molecule has 1 aromatic carbocycles. The average Bonchev–Trinajstić information content (AvgIpc) is 3.38. The van der Waals surface area contributed by atoms with Crippen molar-refractivity contribution >= 4 is 17.6 Å². The number of hydrogen-bond acceptors (Lipinski definition) is 4. The number of benzene rings is 1. The maximum absolute atomic E-state index is 12.3. The molecule has 0 aliphatic heterocycles. The summed E-state index contributed by atoms with van der Waals surface area (Å²) in [5, 5.41) is 7.36. The van der Waals surface area contributed by atoms with Crippen LogP contribution in [0.5, 0.6) is 0 Å². The Morgan fingerprint density at radius 3 is 2.64 bits per heavy atom. The Morgan fingerprint density at radius 1 is 1.18 bits per heavy atom. The van der Waals surface area contributed by atoms with Crippen LogP contribution in [0.4, 0.5) is 5.69 Å². The van der Waals surface area contributed by atoms with E-state index in [0.29, 0.717) is 23.9 Å². The van der Waals surface area contributed by atoms with Crippen molar-refractivity contribution in [3.63, 3.8) is 0 Å². The van der Waals surface area contributed by atoms with Crippen LogP contribution >= 0.6 is 0 Å². The standard InChI is InChI=1S/C22H27N3O3/c1-14-22(15(2)25(24-14)19-6-4-3-5-7-19)23-20(26)13-28-21(27)12-18-11-16-8-9-17(18)10-16/h3-7,16-18H,8-13H2,1-2H3,(H,23,26)/t16-,17-,18-/m1/s1. The fourth-order valence-corrected chi connectivity index (χ4v) is 4.87. The third kappa shape index (κ3) is 3.81. The van der Waals surface area contributed by atoms with Crippen molar-refractivity contribution in [2.24, 2.45) is 17.8 Å². The minimum Gasteiger partial charge on any atom is -0.456 e. The number of nitrogens with zero attached hydrogens (tertiary/aromatic N) is 2. The second-order valence-corrected chi connectivity index (χ2v) is 8.14. The quantitative estimate of drug-likeness (QED) is 0.773. The summed E-state index contributed by atoms with van der Waals surface area (Å²) < 4.78 is 7.04. The number of para-hydroxylation sites is 1. The van der Waals surface area contributed by atoms with Gasteiger partial charge in [-0.1, -0.05) is 24.6 Å². The number of carbonyl (C=O) groups excluding carboxylic acids is 2. The van der Waals surface area contributed by atoms with Crippen molar-refractivity contribution in [1.29, 1.82) is 0 Å². The zero-order valence-corrected chi connectivity index (χ0v) is 16.5. The molecule has 2 bridgehead atoms. The largest absolute Gasteiger partial charge is 0.456 e. The van der Waals surface area contributed by atoms with Gasteiger partial charge in [0.2, 0.25) is 0 Å². The third-order valence-corrected chi connectivity index (χ3v) is 6.23. The Morgan fingerprint density at radius 2 is 1.96 bits per heavy atom. The van der Waals surface area contributed by atoms with Crippen molar-refractivity contribution in [2.75, 3.05) is 11.9 Å². The van der Waals surface area contributed by atoms with Crippen LogP contribution in [0.2, 0.25) is 0 Å². The lowest BCUT2D eigenvalue weighted by molar-refractivity contribution is -0.148. The summed E-state index contributed by atoms with van der Waals surface area (Å²) in [6.07, 6.45) is 5.41.